The van der Waals surface area contributed by atoms with Gasteiger partial charge in [-0.05, 0) is 24.6 Å². The van der Waals surface area contributed by atoms with Crippen molar-refractivity contribution < 1.29 is 9.47 Å². The Balaban J connectivity index is 1.52. The molecule has 0 saturated carbocycles. The molecule has 0 aliphatic carbocycles. The Morgan fingerprint density at radius 1 is 1.22 bits per heavy atom. The predicted molar refractivity (Wildman–Crippen MR) is 93.0 cm³/mol. The first-order chi connectivity index (χ1) is 11.4. The predicted octanol–water partition coefficient (Wildman–Crippen LogP) is 1.33. The summed E-state index contributed by atoms with van der Waals surface area (Å²) in [5.41, 5.74) is 2.75. The molecule has 1 atom stereocenters. The molecule has 2 aliphatic rings. The van der Waals surface area contributed by atoms with Gasteiger partial charge in [-0.3, -0.25) is 4.90 Å². The van der Waals surface area contributed by atoms with E-state index in [1.54, 1.807) is 7.11 Å². The highest BCUT2D eigenvalue weighted by molar-refractivity contribution is 5.53. The lowest BCUT2D eigenvalue weighted by molar-refractivity contribution is 0.122. The van der Waals surface area contributed by atoms with Crippen LogP contribution in [-0.2, 0) is 16.0 Å². The zero-order valence-electron chi connectivity index (χ0n) is 14.2. The van der Waals surface area contributed by atoms with Crippen molar-refractivity contribution in [3.63, 3.8) is 0 Å². The van der Waals surface area contributed by atoms with E-state index in [-0.39, 0.29) is 0 Å². The van der Waals surface area contributed by atoms with Crippen molar-refractivity contribution in [1.82, 2.24) is 10.2 Å². The molecular formula is C18H29N3O2. The van der Waals surface area contributed by atoms with Gasteiger partial charge in [-0.2, -0.15) is 0 Å². The summed E-state index contributed by atoms with van der Waals surface area (Å²) in [6.07, 6.45) is 1.23. The Morgan fingerprint density at radius 2 is 2.04 bits per heavy atom. The summed E-state index contributed by atoms with van der Waals surface area (Å²) in [5, 5.41) is 3.74. The topological polar surface area (TPSA) is 37.0 Å². The van der Waals surface area contributed by atoms with Crippen molar-refractivity contribution in [2.45, 2.75) is 19.0 Å². The SMILES string of the molecule is COCCN1CCC(NCc2ccccc2N2CCOCC2)C1. The maximum Gasteiger partial charge on any atom is 0.0642 e. The number of nitrogens with zero attached hydrogens (tertiary/aromatic N) is 2. The van der Waals surface area contributed by atoms with Crippen LogP contribution in [0.4, 0.5) is 5.69 Å². The smallest absolute Gasteiger partial charge is 0.0642 e. The second-order valence-electron chi connectivity index (χ2n) is 6.39. The molecule has 2 heterocycles. The molecule has 0 spiro atoms. The lowest BCUT2D eigenvalue weighted by Crippen LogP contribution is -2.38. The number of ether oxygens (including phenoxy) is 2. The Morgan fingerprint density at radius 3 is 2.87 bits per heavy atom. The molecule has 1 N–H and O–H groups in total. The van der Waals surface area contributed by atoms with Crippen LogP contribution in [0.2, 0.25) is 0 Å². The van der Waals surface area contributed by atoms with Crippen LogP contribution in [0, 0.1) is 0 Å². The molecule has 1 aromatic rings. The number of nitrogens with one attached hydrogen (secondary N) is 1. The number of anilines is 1. The molecule has 3 rings (SSSR count). The molecule has 1 unspecified atom stereocenters. The molecule has 128 valence electrons. The van der Waals surface area contributed by atoms with E-state index in [0.717, 1.165) is 52.5 Å². The van der Waals surface area contributed by atoms with E-state index in [1.807, 2.05) is 0 Å². The monoisotopic (exact) mass is 319 g/mol. The molecule has 0 aromatic heterocycles. The lowest BCUT2D eigenvalue weighted by atomic mass is 10.1. The molecule has 0 radical (unpaired) electrons. The van der Waals surface area contributed by atoms with E-state index in [2.05, 4.69) is 39.4 Å². The fraction of sp³-hybridized carbons (Fsp3) is 0.667. The number of hydrogen-bond acceptors (Lipinski definition) is 5. The van der Waals surface area contributed by atoms with Crippen LogP contribution in [0.5, 0.6) is 0 Å². The first-order valence-corrected chi connectivity index (χ1v) is 8.72. The Hall–Kier alpha value is -1.14. The fourth-order valence-electron chi connectivity index (χ4n) is 3.45. The minimum absolute atomic E-state index is 0.588. The van der Waals surface area contributed by atoms with Gasteiger partial charge in [-0.15, -0.1) is 0 Å². The van der Waals surface area contributed by atoms with Gasteiger partial charge >= 0.3 is 0 Å². The minimum atomic E-state index is 0.588. The van der Waals surface area contributed by atoms with Gasteiger partial charge in [0.2, 0.25) is 0 Å². The van der Waals surface area contributed by atoms with E-state index in [1.165, 1.54) is 24.2 Å². The number of rotatable bonds is 7. The van der Waals surface area contributed by atoms with Crippen LogP contribution in [-0.4, -0.2) is 70.6 Å². The van der Waals surface area contributed by atoms with Crippen LogP contribution >= 0.6 is 0 Å². The van der Waals surface area contributed by atoms with Gasteiger partial charge in [-0.1, -0.05) is 18.2 Å². The molecule has 0 amide bonds. The van der Waals surface area contributed by atoms with Crippen molar-refractivity contribution in [1.29, 1.82) is 0 Å². The van der Waals surface area contributed by atoms with Crippen LogP contribution in [0.25, 0.3) is 0 Å². The standard InChI is InChI=1S/C18H29N3O2/c1-22-11-8-20-7-6-17(15-20)19-14-16-4-2-3-5-18(16)21-9-12-23-13-10-21/h2-5,17,19H,6-15H2,1H3. The molecule has 5 nitrogen and oxygen atoms in total. The first kappa shape index (κ1) is 16.7. The van der Waals surface area contributed by atoms with Gasteiger partial charge in [0.25, 0.3) is 0 Å². The third-order valence-electron chi connectivity index (χ3n) is 4.81. The summed E-state index contributed by atoms with van der Waals surface area (Å²) in [7, 11) is 1.77. The average Bonchev–Trinajstić information content (AvgIpc) is 3.07. The van der Waals surface area contributed by atoms with Gasteiger partial charge in [0.05, 0.1) is 19.8 Å². The number of methoxy groups -OCH3 is 1. The summed E-state index contributed by atoms with van der Waals surface area (Å²) in [4.78, 5) is 4.93. The zero-order valence-corrected chi connectivity index (χ0v) is 14.2. The molecule has 2 fully saturated rings. The third kappa shape index (κ3) is 4.67. The Kier molecular flexibility index (Phi) is 6.28. The Bertz CT molecular complexity index is 477. The third-order valence-corrected chi connectivity index (χ3v) is 4.81. The van der Waals surface area contributed by atoms with Crippen molar-refractivity contribution in [2.75, 3.05) is 64.6 Å². The minimum Gasteiger partial charge on any atom is -0.383 e. The average molecular weight is 319 g/mol. The van der Waals surface area contributed by atoms with E-state index in [0.29, 0.717) is 6.04 Å². The number of benzene rings is 1. The van der Waals surface area contributed by atoms with Crippen molar-refractivity contribution in [3.05, 3.63) is 29.8 Å². The molecule has 23 heavy (non-hydrogen) atoms. The van der Waals surface area contributed by atoms with Crippen molar-refractivity contribution >= 4 is 5.69 Å². The largest absolute Gasteiger partial charge is 0.383 e. The van der Waals surface area contributed by atoms with Crippen molar-refractivity contribution in [2.24, 2.45) is 0 Å². The van der Waals surface area contributed by atoms with Crippen LogP contribution in [0.1, 0.15) is 12.0 Å². The quantitative estimate of drug-likeness (QED) is 0.821. The number of morpholine rings is 1. The summed E-state index contributed by atoms with van der Waals surface area (Å²) < 4.78 is 10.6. The Labute approximate surface area is 139 Å². The maximum absolute atomic E-state index is 5.47. The summed E-state index contributed by atoms with van der Waals surface area (Å²) in [6.45, 7) is 8.76. The fourth-order valence-corrected chi connectivity index (χ4v) is 3.45. The molecule has 2 saturated heterocycles. The van der Waals surface area contributed by atoms with Gasteiger partial charge in [0, 0.05) is 51.6 Å². The number of likely N-dealkylation sites (tertiary alicyclic amines) is 1. The second-order valence-corrected chi connectivity index (χ2v) is 6.39. The van der Waals surface area contributed by atoms with Crippen LogP contribution < -0.4 is 10.2 Å². The van der Waals surface area contributed by atoms with Gasteiger partial charge in [0.1, 0.15) is 0 Å². The summed E-state index contributed by atoms with van der Waals surface area (Å²) in [5.74, 6) is 0. The highest BCUT2D eigenvalue weighted by Crippen LogP contribution is 2.22. The van der Waals surface area contributed by atoms with E-state index in [9.17, 15) is 0 Å². The van der Waals surface area contributed by atoms with E-state index < -0.39 is 0 Å². The van der Waals surface area contributed by atoms with Crippen LogP contribution in [0.3, 0.4) is 0 Å². The first-order valence-electron chi connectivity index (χ1n) is 8.72. The van der Waals surface area contributed by atoms with Crippen molar-refractivity contribution in [3.8, 4) is 0 Å². The second kappa shape index (κ2) is 8.64. The maximum atomic E-state index is 5.47. The molecule has 2 aliphatic heterocycles. The van der Waals surface area contributed by atoms with E-state index in [4.69, 9.17) is 9.47 Å². The molecule has 0 bridgehead atoms. The summed E-state index contributed by atoms with van der Waals surface area (Å²) >= 11 is 0. The van der Waals surface area contributed by atoms with Gasteiger partial charge < -0.3 is 19.7 Å². The van der Waals surface area contributed by atoms with Gasteiger partial charge in [-0.25, -0.2) is 0 Å². The van der Waals surface area contributed by atoms with E-state index >= 15 is 0 Å². The zero-order chi connectivity index (χ0) is 15.9. The normalized spacial score (nSPS) is 22.7. The lowest BCUT2D eigenvalue weighted by Gasteiger charge is -2.31. The summed E-state index contributed by atoms with van der Waals surface area (Å²) in [6, 6.07) is 9.35. The highest BCUT2D eigenvalue weighted by atomic mass is 16.5. The molecular weight excluding hydrogens is 290 g/mol. The highest BCUT2D eigenvalue weighted by Gasteiger charge is 2.22. The number of hydrogen-bond donors (Lipinski definition) is 1. The molecule has 1 aromatic carbocycles. The molecule has 5 heteroatoms. The number of para-hydroxylation sites is 1. The van der Waals surface area contributed by atoms with Gasteiger partial charge in [0.15, 0.2) is 0 Å². The van der Waals surface area contributed by atoms with Crippen LogP contribution in [0.15, 0.2) is 24.3 Å².